The van der Waals surface area contributed by atoms with Gasteiger partial charge in [-0.1, -0.05) is 0 Å². The maximum Gasteiger partial charge on any atom is 0.242 e. The number of nitrogen functional groups attached to an aromatic ring is 1. The van der Waals surface area contributed by atoms with Crippen molar-refractivity contribution in [2.24, 2.45) is 7.05 Å². The number of hydrogen-bond acceptors (Lipinski definition) is 4. The number of benzene rings is 1. The first-order valence-electron chi connectivity index (χ1n) is 6.92. The number of anilines is 2. The van der Waals surface area contributed by atoms with Gasteiger partial charge in [0, 0.05) is 25.1 Å². The largest absolute Gasteiger partial charge is 0.384 e. The fraction of sp³-hybridized carbons (Fsp3) is 0.267. The molecule has 0 aliphatic carbocycles. The summed E-state index contributed by atoms with van der Waals surface area (Å²) < 4.78 is 27.9. The average Bonchev–Trinajstić information content (AvgIpc) is 2.90. The zero-order chi connectivity index (χ0) is 16.9. The SMILES string of the molecule is Cc1nn(C)c(N)c1[C@H]1CC(=O)N(c2ccc(F)c(F)c2)C1=O. The van der Waals surface area contributed by atoms with E-state index in [1.807, 2.05) is 0 Å². The Hall–Kier alpha value is -2.77. The molecule has 23 heavy (non-hydrogen) atoms. The lowest BCUT2D eigenvalue weighted by molar-refractivity contribution is -0.121. The molecule has 3 rings (SSSR count). The molecule has 0 unspecified atom stereocenters. The van der Waals surface area contributed by atoms with Gasteiger partial charge in [-0.2, -0.15) is 5.10 Å². The second-order valence-electron chi connectivity index (χ2n) is 5.43. The number of imide groups is 1. The molecule has 0 bridgehead atoms. The number of hydrogen-bond donors (Lipinski definition) is 1. The number of carbonyl (C=O) groups excluding carboxylic acids is 2. The van der Waals surface area contributed by atoms with E-state index >= 15 is 0 Å². The van der Waals surface area contributed by atoms with E-state index in [1.165, 1.54) is 10.7 Å². The zero-order valence-electron chi connectivity index (χ0n) is 12.5. The highest BCUT2D eigenvalue weighted by atomic mass is 19.2. The molecule has 1 aromatic carbocycles. The molecule has 1 atom stereocenters. The van der Waals surface area contributed by atoms with Crippen LogP contribution in [0.1, 0.15) is 23.6 Å². The molecule has 0 saturated carbocycles. The first kappa shape index (κ1) is 15.1. The van der Waals surface area contributed by atoms with Crippen LogP contribution in [0.5, 0.6) is 0 Å². The van der Waals surface area contributed by atoms with Crippen molar-refractivity contribution in [2.75, 3.05) is 10.6 Å². The van der Waals surface area contributed by atoms with Crippen LogP contribution in [0, 0.1) is 18.6 Å². The van der Waals surface area contributed by atoms with Gasteiger partial charge in [0.2, 0.25) is 11.8 Å². The standard InChI is InChI=1S/C15H14F2N4O2/c1-7-13(14(18)20(2)19-7)9-6-12(22)21(15(9)23)8-3-4-10(16)11(17)5-8/h3-5,9H,6,18H2,1-2H3/t9-/m1/s1. The molecule has 120 valence electrons. The second kappa shape index (κ2) is 5.15. The van der Waals surface area contributed by atoms with Crippen molar-refractivity contribution in [1.29, 1.82) is 0 Å². The molecule has 2 aromatic rings. The van der Waals surface area contributed by atoms with Gasteiger partial charge >= 0.3 is 0 Å². The molecule has 0 spiro atoms. The molecule has 6 nitrogen and oxygen atoms in total. The summed E-state index contributed by atoms with van der Waals surface area (Å²) >= 11 is 0. The minimum atomic E-state index is -1.12. The van der Waals surface area contributed by atoms with E-state index in [1.54, 1.807) is 14.0 Å². The predicted molar refractivity (Wildman–Crippen MR) is 78.6 cm³/mol. The molecule has 2 heterocycles. The lowest BCUT2D eigenvalue weighted by Gasteiger charge is -2.15. The van der Waals surface area contributed by atoms with Crippen LogP contribution in [0.4, 0.5) is 20.3 Å². The maximum absolute atomic E-state index is 13.4. The normalized spacial score (nSPS) is 18.1. The number of amides is 2. The van der Waals surface area contributed by atoms with Gasteiger partial charge in [0.05, 0.1) is 17.3 Å². The summed E-state index contributed by atoms with van der Waals surface area (Å²) in [7, 11) is 1.64. The average molecular weight is 320 g/mol. The molecule has 1 aliphatic rings. The van der Waals surface area contributed by atoms with Crippen LogP contribution >= 0.6 is 0 Å². The lowest BCUT2D eigenvalue weighted by Crippen LogP contribution is -2.30. The number of carbonyl (C=O) groups is 2. The van der Waals surface area contributed by atoms with E-state index in [0.29, 0.717) is 17.1 Å². The Balaban J connectivity index is 2.01. The Morgan fingerprint density at radius 3 is 2.52 bits per heavy atom. The highest BCUT2D eigenvalue weighted by Gasteiger charge is 2.43. The third-order valence-corrected chi connectivity index (χ3v) is 3.97. The summed E-state index contributed by atoms with van der Waals surface area (Å²) in [4.78, 5) is 25.7. The van der Waals surface area contributed by atoms with Crippen LogP contribution in [0.2, 0.25) is 0 Å². The number of aromatic nitrogens is 2. The molecule has 1 aliphatic heterocycles. The van der Waals surface area contributed by atoms with Gasteiger partial charge < -0.3 is 5.73 Å². The Morgan fingerprint density at radius 2 is 1.96 bits per heavy atom. The van der Waals surface area contributed by atoms with Crippen LogP contribution in [0.25, 0.3) is 0 Å². The first-order chi connectivity index (χ1) is 10.8. The molecule has 2 amide bonds. The van der Waals surface area contributed by atoms with Gasteiger partial charge in [-0.3, -0.25) is 14.3 Å². The Labute approximate surface area is 130 Å². The van der Waals surface area contributed by atoms with Gasteiger partial charge in [-0.05, 0) is 19.1 Å². The summed E-state index contributed by atoms with van der Waals surface area (Å²) in [5, 5.41) is 4.14. The minimum Gasteiger partial charge on any atom is -0.384 e. The van der Waals surface area contributed by atoms with Crippen molar-refractivity contribution < 1.29 is 18.4 Å². The van der Waals surface area contributed by atoms with E-state index in [4.69, 9.17) is 5.73 Å². The van der Waals surface area contributed by atoms with E-state index < -0.39 is 29.4 Å². The van der Waals surface area contributed by atoms with E-state index in [-0.39, 0.29) is 12.1 Å². The summed E-state index contributed by atoms with van der Waals surface area (Å²) in [5.41, 5.74) is 6.98. The van der Waals surface area contributed by atoms with Crippen LogP contribution in [-0.2, 0) is 16.6 Å². The van der Waals surface area contributed by atoms with E-state index in [0.717, 1.165) is 17.0 Å². The Morgan fingerprint density at radius 1 is 1.26 bits per heavy atom. The molecular weight excluding hydrogens is 306 g/mol. The summed E-state index contributed by atoms with van der Waals surface area (Å²) in [6, 6.07) is 2.89. The van der Waals surface area contributed by atoms with E-state index in [2.05, 4.69) is 5.10 Å². The van der Waals surface area contributed by atoms with Gasteiger partial charge in [-0.15, -0.1) is 0 Å². The lowest BCUT2D eigenvalue weighted by atomic mass is 9.97. The number of rotatable bonds is 2. The summed E-state index contributed by atoms with van der Waals surface area (Å²) in [6.45, 7) is 1.70. The third kappa shape index (κ3) is 2.26. The van der Waals surface area contributed by atoms with Gasteiger partial charge in [-0.25, -0.2) is 13.7 Å². The molecule has 8 heteroatoms. The smallest absolute Gasteiger partial charge is 0.242 e. The van der Waals surface area contributed by atoms with Gasteiger partial charge in [0.25, 0.3) is 0 Å². The quantitative estimate of drug-likeness (QED) is 0.853. The van der Waals surface area contributed by atoms with Crippen LogP contribution in [-0.4, -0.2) is 21.6 Å². The van der Waals surface area contributed by atoms with Crippen molar-refractivity contribution in [1.82, 2.24) is 9.78 Å². The number of nitrogens with two attached hydrogens (primary N) is 1. The van der Waals surface area contributed by atoms with Crippen molar-refractivity contribution in [2.45, 2.75) is 19.3 Å². The molecule has 1 fully saturated rings. The number of nitrogens with zero attached hydrogens (tertiary/aromatic N) is 3. The number of aryl methyl sites for hydroxylation is 2. The van der Waals surface area contributed by atoms with E-state index in [9.17, 15) is 18.4 Å². The van der Waals surface area contributed by atoms with Crippen molar-refractivity contribution >= 4 is 23.3 Å². The predicted octanol–water partition coefficient (Wildman–Crippen LogP) is 1.64. The highest BCUT2D eigenvalue weighted by Crippen LogP contribution is 2.37. The number of halogens is 2. The van der Waals surface area contributed by atoms with Crippen LogP contribution in [0.15, 0.2) is 18.2 Å². The highest BCUT2D eigenvalue weighted by molar-refractivity contribution is 6.23. The van der Waals surface area contributed by atoms with Crippen LogP contribution in [0.3, 0.4) is 0 Å². The fourth-order valence-electron chi connectivity index (χ4n) is 2.88. The topological polar surface area (TPSA) is 81.2 Å². The Bertz CT molecular complexity index is 831. The van der Waals surface area contributed by atoms with Gasteiger partial charge in [0.15, 0.2) is 11.6 Å². The van der Waals surface area contributed by atoms with Crippen molar-refractivity contribution in [3.05, 3.63) is 41.1 Å². The molecule has 0 radical (unpaired) electrons. The fourth-order valence-corrected chi connectivity index (χ4v) is 2.88. The maximum atomic E-state index is 13.4. The summed E-state index contributed by atoms with van der Waals surface area (Å²) in [5.74, 6) is -3.65. The van der Waals surface area contributed by atoms with Crippen molar-refractivity contribution in [3.8, 4) is 0 Å². The zero-order valence-corrected chi connectivity index (χ0v) is 12.5. The molecule has 1 saturated heterocycles. The second-order valence-corrected chi connectivity index (χ2v) is 5.43. The Kier molecular flexibility index (Phi) is 3.39. The van der Waals surface area contributed by atoms with Crippen LogP contribution < -0.4 is 10.6 Å². The summed E-state index contributed by atoms with van der Waals surface area (Å²) in [6.07, 6.45) is -0.0887. The third-order valence-electron chi connectivity index (χ3n) is 3.97. The minimum absolute atomic E-state index is 0.00140. The molecular formula is C15H14F2N4O2. The van der Waals surface area contributed by atoms with Crippen molar-refractivity contribution in [3.63, 3.8) is 0 Å². The monoisotopic (exact) mass is 320 g/mol. The van der Waals surface area contributed by atoms with Gasteiger partial charge in [0.1, 0.15) is 5.82 Å². The first-order valence-corrected chi connectivity index (χ1v) is 6.92. The molecule has 1 aromatic heterocycles. The molecule has 2 N–H and O–H groups in total.